The Kier molecular flexibility index (Phi) is 6.23. The van der Waals surface area contributed by atoms with Crippen molar-refractivity contribution >= 4 is 17.7 Å². The van der Waals surface area contributed by atoms with Gasteiger partial charge in [-0.15, -0.1) is 0 Å². The van der Waals surface area contributed by atoms with E-state index in [0.29, 0.717) is 38.5 Å². The van der Waals surface area contributed by atoms with Crippen molar-refractivity contribution in [3.8, 4) is 0 Å². The van der Waals surface area contributed by atoms with Crippen LogP contribution < -0.4 is 0 Å². The van der Waals surface area contributed by atoms with E-state index in [-0.39, 0.29) is 65.8 Å². The number of rotatable bonds is 3. The van der Waals surface area contributed by atoms with Crippen LogP contribution in [0.25, 0.3) is 0 Å². The lowest BCUT2D eigenvalue weighted by molar-refractivity contribution is -0.196. The third kappa shape index (κ3) is 3.30. The molecule has 4 aliphatic carbocycles. The lowest BCUT2D eigenvalue weighted by Crippen LogP contribution is -2.63. The molecule has 6 aliphatic rings. The van der Waals surface area contributed by atoms with Crippen molar-refractivity contribution in [2.45, 2.75) is 89.4 Å². The normalized spacial score (nSPS) is 50.1. The maximum atomic E-state index is 14.4. The summed E-state index contributed by atoms with van der Waals surface area (Å²) in [6.07, 6.45) is 4.26. The van der Waals surface area contributed by atoms with Crippen LogP contribution >= 0.6 is 0 Å². The summed E-state index contributed by atoms with van der Waals surface area (Å²) < 4.78 is 12.2. The highest BCUT2D eigenvalue weighted by atomic mass is 16.6. The minimum Gasteiger partial charge on any atom is -0.461 e. The van der Waals surface area contributed by atoms with Gasteiger partial charge in [0.25, 0.3) is 0 Å². The topological polar surface area (TPSA) is 110 Å². The van der Waals surface area contributed by atoms with Crippen LogP contribution in [0.3, 0.4) is 0 Å². The quantitative estimate of drug-likeness (QED) is 0.426. The van der Waals surface area contributed by atoms with Crippen molar-refractivity contribution in [3.05, 3.63) is 24.3 Å². The SMILES string of the molecule is C=C1CC[C@H]2C(CC)C(=O)O[C@@H]2[C@@H]2[C@H]1CC(=O)[C@]21CC[C@@](O)(CO)[C@@H]2[C@H]3OC(=O)C(CC)[C@@H]3CCC(=C)[C@@H]21. The predicted molar refractivity (Wildman–Crippen MR) is 138 cm³/mol. The molecule has 0 aromatic heterocycles. The number of carbonyl (C=O) groups excluding carboxylic acids is 3. The first-order valence-electron chi connectivity index (χ1n) is 14.8. The molecular weight excluding hydrogens is 484 g/mol. The first-order chi connectivity index (χ1) is 18.1. The van der Waals surface area contributed by atoms with Crippen LogP contribution in [0.2, 0.25) is 0 Å². The number of carbonyl (C=O) groups is 3. The second-order valence-corrected chi connectivity index (χ2v) is 13.1. The summed E-state index contributed by atoms with van der Waals surface area (Å²) in [7, 11) is 0. The van der Waals surface area contributed by atoms with Crippen molar-refractivity contribution in [1.82, 2.24) is 0 Å². The molecule has 6 fully saturated rings. The molecule has 0 aromatic rings. The molecule has 0 radical (unpaired) electrons. The van der Waals surface area contributed by atoms with E-state index in [1.807, 2.05) is 13.8 Å². The van der Waals surface area contributed by atoms with Crippen LogP contribution in [0, 0.1) is 52.8 Å². The molecule has 0 amide bonds. The highest BCUT2D eigenvalue weighted by Gasteiger charge is 2.72. The first kappa shape index (κ1) is 26.2. The monoisotopic (exact) mass is 526 g/mol. The molecule has 2 saturated heterocycles. The third-order valence-corrected chi connectivity index (χ3v) is 11.9. The standard InChI is InChI=1S/C31H42O7/c1-5-17-19-9-7-15(3)21-13-22(33)31(24(21)26(19)37-28(17)34)12-11-30(36,14-32)25-23(31)16(4)8-10-20-18(6-2)29(35)38-27(20)25/h17-21,23-27,32,36H,3-14H2,1-2H3/t17?,18?,19-,20-,21-,23-,24-,25-,26-,27-,30+,31-/m0/s1. The minimum atomic E-state index is -1.49. The molecule has 38 heavy (non-hydrogen) atoms. The smallest absolute Gasteiger partial charge is 0.309 e. The fraction of sp³-hybridized carbons (Fsp3) is 0.774. The summed E-state index contributed by atoms with van der Waals surface area (Å²) in [6, 6.07) is 0. The molecule has 2 heterocycles. The van der Waals surface area contributed by atoms with E-state index >= 15 is 0 Å². The van der Waals surface area contributed by atoms with E-state index in [1.54, 1.807) is 0 Å². The van der Waals surface area contributed by atoms with Gasteiger partial charge in [-0.1, -0.05) is 38.2 Å². The Morgan fingerprint density at radius 2 is 1.42 bits per heavy atom. The molecule has 2 aliphatic heterocycles. The van der Waals surface area contributed by atoms with Gasteiger partial charge in [0.15, 0.2) is 0 Å². The average molecular weight is 527 g/mol. The summed E-state index contributed by atoms with van der Waals surface area (Å²) in [5.41, 5.74) is -0.458. The van der Waals surface area contributed by atoms with E-state index in [9.17, 15) is 24.6 Å². The molecule has 0 aromatic carbocycles. The molecule has 0 bridgehead atoms. The highest BCUT2D eigenvalue weighted by molar-refractivity contribution is 5.90. The molecular formula is C31H42O7. The van der Waals surface area contributed by atoms with Gasteiger partial charge in [0.05, 0.1) is 24.0 Å². The number of esters is 2. The first-order valence-corrected chi connectivity index (χ1v) is 14.8. The molecule has 7 heteroatoms. The maximum absolute atomic E-state index is 14.4. The van der Waals surface area contributed by atoms with Crippen LogP contribution in [0.5, 0.6) is 0 Å². The summed E-state index contributed by atoms with van der Waals surface area (Å²) in [5.74, 6) is -2.26. The number of aliphatic hydroxyl groups is 2. The van der Waals surface area contributed by atoms with E-state index in [0.717, 1.165) is 24.0 Å². The lowest BCUT2D eigenvalue weighted by Gasteiger charge is -2.57. The van der Waals surface area contributed by atoms with Gasteiger partial charge in [0.2, 0.25) is 0 Å². The zero-order valence-electron chi connectivity index (χ0n) is 22.7. The highest BCUT2D eigenvalue weighted by Crippen LogP contribution is 2.68. The van der Waals surface area contributed by atoms with Gasteiger partial charge < -0.3 is 19.7 Å². The van der Waals surface area contributed by atoms with Crippen molar-refractivity contribution in [2.75, 3.05) is 6.61 Å². The number of hydrogen-bond donors (Lipinski definition) is 2. The minimum absolute atomic E-state index is 0.0275. The van der Waals surface area contributed by atoms with Gasteiger partial charge in [-0.05, 0) is 57.3 Å². The molecule has 12 atom stereocenters. The average Bonchev–Trinajstić information content (AvgIpc) is 3.42. The maximum Gasteiger partial charge on any atom is 0.309 e. The Morgan fingerprint density at radius 3 is 1.97 bits per heavy atom. The Bertz CT molecular complexity index is 1080. The number of hydrogen-bond acceptors (Lipinski definition) is 7. The summed E-state index contributed by atoms with van der Waals surface area (Å²) in [4.78, 5) is 40.4. The fourth-order valence-corrected chi connectivity index (χ4v) is 10.2. The van der Waals surface area contributed by atoms with Crippen LogP contribution in [0.4, 0.5) is 0 Å². The number of ether oxygens (including phenoxy) is 2. The van der Waals surface area contributed by atoms with Crippen molar-refractivity contribution in [1.29, 1.82) is 0 Å². The predicted octanol–water partition coefficient (Wildman–Crippen LogP) is 3.76. The van der Waals surface area contributed by atoms with E-state index < -0.39 is 35.6 Å². The lowest BCUT2D eigenvalue weighted by atomic mass is 9.48. The molecule has 1 spiro atoms. The fourth-order valence-electron chi connectivity index (χ4n) is 10.2. The van der Waals surface area contributed by atoms with E-state index in [2.05, 4.69) is 13.2 Å². The largest absolute Gasteiger partial charge is 0.461 e. The van der Waals surface area contributed by atoms with Crippen LogP contribution in [0.1, 0.15) is 71.6 Å². The number of aliphatic hydroxyl groups excluding tert-OH is 1. The third-order valence-electron chi connectivity index (χ3n) is 11.9. The van der Waals surface area contributed by atoms with Gasteiger partial charge in [0, 0.05) is 41.4 Å². The molecule has 6 rings (SSSR count). The molecule has 208 valence electrons. The molecule has 4 saturated carbocycles. The van der Waals surface area contributed by atoms with Gasteiger partial charge in [-0.2, -0.15) is 0 Å². The number of ketones is 1. The van der Waals surface area contributed by atoms with Gasteiger partial charge in [-0.3, -0.25) is 14.4 Å². The van der Waals surface area contributed by atoms with E-state index in [1.165, 1.54) is 0 Å². The van der Waals surface area contributed by atoms with Crippen molar-refractivity contribution in [2.24, 2.45) is 52.8 Å². The van der Waals surface area contributed by atoms with Crippen LogP contribution in [-0.4, -0.2) is 52.4 Å². The molecule has 7 nitrogen and oxygen atoms in total. The molecule has 2 unspecified atom stereocenters. The number of allylic oxidation sites excluding steroid dienone is 2. The Labute approximate surface area is 225 Å². The summed E-state index contributed by atoms with van der Waals surface area (Å²) in [6.45, 7) is 12.5. The second kappa shape index (κ2) is 9.02. The van der Waals surface area contributed by atoms with Gasteiger partial charge in [-0.25, -0.2) is 0 Å². The number of Topliss-reactive ketones (excluding diaryl/α,β-unsaturated/α-hetero) is 1. The number of fused-ring (bicyclic) bond motifs is 8. The van der Waals surface area contributed by atoms with Crippen LogP contribution in [-0.2, 0) is 23.9 Å². The van der Waals surface area contributed by atoms with Gasteiger partial charge in [0.1, 0.15) is 18.0 Å². The zero-order chi connectivity index (χ0) is 27.1. The van der Waals surface area contributed by atoms with Crippen molar-refractivity contribution < 1.29 is 34.1 Å². The van der Waals surface area contributed by atoms with Gasteiger partial charge >= 0.3 is 11.9 Å². The summed E-state index contributed by atoms with van der Waals surface area (Å²) in [5, 5.41) is 22.5. The Balaban J connectivity index is 1.52. The zero-order valence-corrected chi connectivity index (χ0v) is 22.7. The van der Waals surface area contributed by atoms with Crippen molar-refractivity contribution in [3.63, 3.8) is 0 Å². The van der Waals surface area contributed by atoms with E-state index in [4.69, 9.17) is 9.47 Å². The Hall–Kier alpha value is -1.99. The summed E-state index contributed by atoms with van der Waals surface area (Å²) >= 11 is 0. The Morgan fingerprint density at radius 1 is 0.868 bits per heavy atom. The van der Waals surface area contributed by atoms with Crippen LogP contribution in [0.15, 0.2) is 24.3 Å². The molecule has 2 N–H and O–H groups in total. The second-order valence-electron chi connectivity index (χ2n) is 13.1.